The van der Waals surface area contributed by atoms with Crippen molar-refractivity contribution in [1.29, 1.82) is 5.41 Å². The smallest absolute Gasteiger partial charge is 0.348 e. The summed E-state index contributed by atoms with van der Waals surface area (Å²) in [6, 6.07) is 18.1. The van der Waals surface area contributed by atoms with Gasteiger partial charge in [0.1, 0.15) is 11.9 Å². The lowest BCUT2D eigenvalue weighted by Crippen LogP contribution is -2.21. The predicted molar refractivity (Wildman–Crippen MR) is 148 cm³/mol. The number of H-pyrrole nitrogens is 1. The number of nitrogen functional groups attached to an aromatic ring is 1. The van der Waals surface area contributed by atoms with E-state index in [9.17, 15) is 9.59 Å². The number of nitrogens with one attached hydrogen (secondary N) is 3. The molecule has 4 aromatic rings. The minimum absolute atomic E-state index is 0.0471. The van der Waals surface area contributed by atoms with Gasteiger partial charge in [0.15, 0.2) is 17.3 Å². The summed E-state index contributed by atoms with van der Waals surface area (Å²) in [5, 5.41) is 22.9. The fourth-order valence-corrected chi connectivity index (χ4v) is 3.76. The number of amidine groups is 1. The monoisotopic (exact) mass is 547 g/mol. The molecule has 0 radical (unpaired) electrons. The maximum atomic E-state index is 12.9. The molecule has 0 aliphatic carbocycles. The van der Waals surface area contributed by atoms with Crippen LogP contribution in [0.1, 0.15) is 40.3 Å². The van der Waals surface area contributed by atoms with Crippen molar-refractivity contribution in [2.45, 2.75) is 13.0 Å². The lowest BCUT2D eigenvalue weighted by molar-refractivity contribution is -0.134. The molecule has 0 saturated carbocycles. The number of carboxylic acids is 1. The highest BCUT2D eigenvalue weighted by Gasteiger charge is 2.23. The van der Waals surface area contributed by atoms with Gasteiger partial charge < -0.3 is 31.4 Å². The highest BCUT2D eigenvalue weighted by Crippen LogP contribution is 2.33. The molecule has 40 heavy (non-hydrogen) atoms. The average molecular weight is 548 g/mol. The average Bonchev–Trinajstić information content (AvgIpc) is 3.32. The number of rotatable bonds is 9. The number of aliphatic carboxylic acids is 1. The third-order valence-corrected chi connectivity index (χ3v) is 5.55. The van der Waals surface area contributed by atoms with Crippen LogP contribution in [0.4, 0.5) is 5.69 Å². The highest BCUT2D eigenvalue weighted by atomic mass is 16.5. The van der Waals surface area contributed by atoms with Crippen LogP contribution in [0.25, 0.3) is 5.69 Å². The van der Waals surface area contributed by atoms with Crippen molar-refractivity contribution in [2.75, 3.05) is 19.5 Å². The van der Waals surface area contributed by atoms with Crippen LogP contribution in [0.3, 0.4) is 0 Å². The Morgan fingerprint density at radius 2 is 1.65 bits per heavy atom. The minimum atomic E-state index is -0.833. The van der Waals surface area contributed by atoms with E-state index in [2.05, 4.69) is 15.4 Å². The van der Waals surface area contributed by atoms with Crippen molar-refractivity contribution < 1.29 is 24.2 Å². The second-order valence-corrected chi connectivity index (χ2v) is 8.31. The van der Waals surface area contributed by atoms with Crippen LogP contribution in [0.5, 0.6) is 11.5 Å². The Hall–Kier alpha value is -5.59. The molecule has 0 spiro atoms. The fraction of sp³-hybridized carbons (Fsp3) is 0.148. The van der Waals surface area contributed by atoms with E-state index in [0.29, 0.717) is 28.3 Å². The molecule has 0 aliphatic heterocycles. The van der Waals surface area contributed by atoms with Crippen LogP contribution in [0, 0.1) is 5.41 Å². The number of aromatic amines is 1. The van der Waals surface area contributed by atoms with E-state index < -0.39 is 23.6 Å². The van der Waals surface area contributed by atoms with Crippen LogP contribution >= 0.6 is 0 Å². The number of nitrogens with two attached hydrogens (primary N) is 2. The summed E-state index contributed by atoms with van der Waals surface area (Å²) in [5.74, 6) is -0.242. The number of carboxylic acid groups (broad SMARTS) is 1. The lowest BCUT2D eigenvalue weighted by Gasteiger charge is -2.20. The van der Waals surface area contributed by atoms with Crippen molar-refractivity contribution in [3.63, 3.8) is 0 Å². The highest BCUT2D eigenvalue weighted by molar-refractivity contribution is 5.96. The number of methoxy groups -OCH3 is 2. The van der Waals surface area contributed by atoms with Crippen molar-refractivity contribution >= 4 is 23.4 Å². The summed E-state index contributed by atoms with van der Waals surface area (Å²) in [6.07, 6.45) is 0. The zero-order valence-corrected chi connectivity index (χ0v) is 22.0. The molecule has 1 aromatic heterocycles. The molecule has 0 unspecified atom stereocenters. The Kier molecular flexibility index (Phi) is 9.25. The molecule has 0 fully saturated rings. The topological polar surface area (TPSA) is 211 Å². The Balaban J connectivity index is 0.00000103. The molecular weight excluding hydrogens is 518 g/mol. The number of benzene rings is 3. The number of nitrogens with zero attached hydrogens (tertiary/aromatic N) is 2. The van der Waals surface area contributed by atoms with Crippen LogP contribution in [-0.2, 0) is 4.79 Å². The predicted octanol–water partition coefficient (Wildman–Crippen LogP) is 2.25. The number of primary amides is 1. The van der Waals surface area contributed by atoms with Gasteiger partial charge in [-0.3, -0.25) is 20.0 Å². The van der Waals surface area contributed by atoms with Crippen LogP contribution in [0.15, 0.2) is 71.5 Å². The summed E-state index contributed by atoms with van der Waals surface area (Å²) < 4.78 is 11.9. The first kappa shape index (κ1) is 29.0. The number of carbonyl (C=O) groups excluding carboxylic acids is 1. The Morgan fingerprint density at radius 3 is 2.23 bits per heavy atom. The van der Waals surface area contributed by atoms with Crippen molar-refractivity contribution in [3.05, 3.63) is 99.7 Å². The van der Waals surface area contributed by atoms with Crippen molar-refractivity contribution in [3.8, 4) is 17.2 Å². The zero-order chi connectivity index (χ0) is 29.4. The summed E-state index contributed by atoms with van der Waals surface area (Å²) in [4.78, 5) is 36.6. The van der Waals surface area contributed by atoms with Gasteiger partial charge >= 0.3 is 5.69 Å². The summed E-state index contributed by atoms with van der Waals surface area (Å²) in [5.41, 5.74) is 12.9. The molecule has 208 valence electrons. The van der Waals surface area contributed by atoms with E-state index in [1.807, 2.05) is 6.07 Å². The Morgan fingerprint density at radius 1 is 1.02 bits per heavy atom. The number of para-hydroxylation sites is 1. The largest absolute Gasteiger partial charge is 0.493 e. The molecule has 13 heteroatoms. The second-order valence-electron chi connectivity index (χ2n) is 8.31. The molecule has 3 aromatic carbocycles. The van der Waals surface area contributed by atoms with E-state index in [4.69, 9.17) is 36.3 Å². The molecule has 0 saturated heterocycles. The minimum Gasteiger partial charge on any atom is -0.493 e. The molecule has 8 N–H and O–H groups in total. The summed E-state index contributed by atoms with van der Waals surface area (Å²) >= 11 is 0. The van der Waals surface area contributed by atoms with Gasteiger partial charge in [-0.15, -0.1) is 5.10 Å². The third kappa shape index (κ3) is 6.83. The summed E-state index contributed by atoms with van der Waals surface area (Å²) in [7, 11) is 3.07. The van der Waals surface area contributed by atoms with E-state index in [1.54, 1.807) is 61.7 Å². The van der Waals surface area contributed by atoms with E-state index in [0.717, 1.165) is 11.6 Å². The standard InChI is InChI=1S/C25H25N7O4.C2H4O2/c1-35-19-12-9-15(13-20(19)36-2)21(29-16-10-7-14(8-11-16)22(26)27)24-30-25(34)32(31-24)18-6-4-3-5-17(18)23(28)33;1-2(3)4/h3-13,21,29H,1-2H3,(H3,26,27)(H2,28,33)(H,30,31,34);1H3,(H,3,4)/t21-;/m0./s1. The fourth-order valence-electron chi connectivity index (χ4n) is 3.76. The molecule has 0 aliphatic rings. The molecule has 1 amide bonds. The molecule has 4 rings (SSSR count). The summed E-state index contributed by atoms with van der Waals surface area (Å²) in [6.45, 7) is 1.08. The van der Waals surface area contributed by atoms with Gasteiger partial charge in [0.2, 0.25) is 0 Å². The SMILES string of the molecule is CC(=O)O.COc1ccc([C@H](Nc2ccc(C(=N)N)cc2)c2nn(-c3ccccc3C(N)=O)c(=O)[nH]2)cc1OC. The number of hydrogen-bond acceptors (Lipinski definition) is 8. The number of hydrogen-bond donors (Lipinski definition) is 6. The van der Waals surface area contributed by atoms with Crippen LogP contribution in [0.2, 0.25) is 0 Å². The van der Waals surface area contributed by atoms with E-state index in [-0.39, 0.29) is 22.9 Å². The first-order chi connectivity index (χ1) is 19.0. The molecule has 1 atom stereocenters. The van der Waals surface area contributed by atoms with Gasteiger partial charge in [0, 0.05) is 18.2 Å². The van der Waals surface area contributed by atoms with Crippen LogP contribution in [-0.4, -0.2) is 51.8 Å². The third-order valence-electron chi connectivity index (χ3n) is 5.55. The van der Waals surface area contributed by atoms with E-state index in [1.165, 1.54) is 13.2 Å². The molecular formula is C27H29N7O6. The lowest BCUT2D eigenvalue weighted by atomic mass is 10.0. The van der Waals surface area contributed by atoms with Gasteiger partial charge in [0.25, 0.3) is 11.9 Å². The van der Waals surface area contributed by atoms with Gasteiger partial charge in [-0.25, -0.2) is 4.79 Å². The first-order valence-electron chi connectivity index (χ1n) is 11.8. The number of anilines is 1. The van der Waals surface area contributed by atoms with Crippen LogP contribution < -0.4 is 31.9 Å². The molecule has 13 nitrogen and oxygen atoms in total. The van der Waals surface area contributed by atoms with E-state index >= 15 is 0 Å². The van der Waals surface area contributed by atoms with Gasteiger partial charge in [-0.1, -0.05) is 18.2 Å². The zero-order valence-electron chi connectivity index (χ0n) is 22.0. The molecule has 1 heterocycles. The molecule has 0 bridgehead atoms. The van der Waals surface area contributed by atoms with Gasteiger partial charge in [0.05, 0.1) is 25.5 Å². The van der Waals surface area contributed by atoms with Gasteiger partial charge in [-0.05, 0) is 54.1 Å². The maximum absolute atomic E-state index is 12.9. The first-order valence-corrected chi connectivity index (χ1v) is 11.8. The normalized spacial score (nSPS) is 11.0. The number of amides is 1. The van der Waals surface area contributed by atoms with Gasteiger partial charge in [-0.2, -0.15) is 4.68 Å². The maximum Gasteiger partial charge on any atom is 0.348 e. The number of ether oxygens (including phenoxy) is 2. The quantitative estimate of drug-likeness (QED) is 0.134. The Bertz CT molecular complexity index is 1570. The Labute approximate surface area is 228 Å². The number of carbonyl (C=O) groups is 2. The number of aromatic nitrogens is 3. The van der Waals surface area contributed by atoms with Crippen molar-refractivity contribution in [2.24, 2.45) is 11.5 Å². The second kappa shape index (κ2) is 12.8. The van der Waals surface area contributed by atoms with Crippen molar-refractivity contribution in [1.82, 2.24) is 14.8 Å².